The SMILES string of the molecule is Cc1cc(C(=O)Nc2ccc(Cl)c(-c3nc4cc(C(C)C)ccc4o3)c2)ccc1[N+](=O)[O-]. The minimum absolute atomic E-state index is 0.0353. The molecule has 7 nitrogen and oxygen atoms in total. The van der Waals surface area contributed by atoms with Crippen LogP contribution in [0.15, 0.2) is 59.0 Å². The molecule has 32 heavy (non-hydrogen) atoms. The predicted octanol–water partition coefficient (Wildman–Crippen LogP) is 6.74. The number of carbonyl (C=O) groups excluding carboxylic acids is 1. The van der Waals surface area contributed by atoms with E-state index in [1.54, 1.807) is 25.1 Å². The Balaban J connectivity index is 1.63. The van der Waals surface area contributed by atoms with E-state index in [2.05, 4.69) is 24.1 Å². The Kier molecular flexibility index (Phi) is 5.67. The Morgan fingerprint density at radius 3 is 2.59 bits per heavy atom. The van der Waals surface area contributed by atoms with E-state index < -0.39 is 10.8 Å². The van der Waals surface area contributed by atoms with Gasteiger partial charge >= 0.3 is 0 Å². The molecule has 4 aromatic rings. The number of rotatable bonds is 5. The van der Waals surface area contributed by atoms with Gasteiger partial charge in [-0.1, -0.05) is 31.5 Å². The zero-order valence-corrected chi connectivity index (χ0v) is 18.4. The maximum absolute atomic E-state index is 12.7. The number of amides is 1. The minimum Gasteiger partial charge on any atom is -0.436 e. The highest BCUT2D eigenvalue weighted by Gasteiger charge is 2.17. The van der Waals surface area contributed by atoms with E-state index in [9.17, 15) is 14.9 Å². The summed E-state index contributed by atoms with van der Waals surface area (Å²) in [6.45, 7) is 5.81. The van der Waals surface area contributed by atoms with Gasteiger partial charge in [-0.15, -0.1) is 0 Å². The van der Waals surface area contributed by atoms with Gasteiger partial charge in [-0.05, 0) is 60.9 Å². The molecule has 0 fully saturated rings. The summed E-state index contributed by atoms with van der Waals surface area (Å²) in [7, 11) is 0. The quantitative estimate of drug-likeness (QED) is 0.268. The van der Waals surface area contributed by atoms with Crippen molar-refractivity contribution in [1.82, 2.24) is 4.98 Å². The molecule has 1 N–H and O–H groups in total. The summed E-state index contributed by atoms with van der Waals surface area (Å²) in [6.07, 6.45) is 0. The van der Waals surface area contributed by atoms with Crippen LogP contribution in [0.2, 0.25) is 5.02 Å². The van der Waals surface area contributed by atoms with Crippen LogP contribution in [-0.2, 0) is 0 Å². The second-order valence-electron chi connectivity index (χ2n) is 7.81. The number of benzene rings is 3. The smallest absolute Gasteiger partial charge is 0.272 e. The number of aryl methyl sites for hydroxylation is 1. The number of carbonyl (C=O) groups is 1. The molecule has 8 heteroatoms. The standard InChI is InChI=1S/C24H20ClN3O4/c1-13(2)15-5-9-22-20(11-15)27-24(32-22)18-12-17(6-7-19(18)25)26-23(29)16-4-8-21(28(30)31)14(3)10-16/h4-13H,1-3H3,(H,26,29). The molecule has 0 bridgehead atoms. The lowest BCUT2D eigenvalue weighted by Crippen LogP contribution is -2.12. The van der Waals surface area contributed by atoms with Gasteiger partial charge in [0.05, 0.1) is 15.5 Å². The molecule has 3 aromatic carbocycles. The third kappa shape index (κ3) is 4.20. The Labute approximate surface area is 189 Å². The van der Waals surface area contributed by atoms with Crippen LogP contribution in [0.5, 0.6) is 0 Å². The van der Waals surface area contributed by atoms with Crippen LogP contribution in [0.3, 0.4) is 0 Å². The van der Waals surface area contributed by atoms with Gasteiger partial charge in [0.15, 0.2) is 5.58 Å². The van der Waals surface area contributed by atoms with E-state index in [4.69, 9.17) is 16.0 Å². The van der Waals surface area contributed by atoms with E-state index in [1.807, 2.05) is 18.2 Å². The van der Waals surface area contributed by atoms with Crippen LogP contribution in [0, 0.1) is 17.0 Å². The molecule has 1 heterocycles. The Bertz CT molecular complexity index is 1360. The number of hydrogen-bond donors (Lipinski definition) is 1. The highest BCUT2D eigenvalue weighted by Crippen LogP contribution is 2.33. The molecule has 162 valence electrons. The monoisotopic (exact) mass is 449 g/mol. The zero-order valence-electron chi connectivity index (χ0n) is 17.7. The Hall–Kier alpha value is -3.71. The number of anilines is 1. The summed E-state index contributed by atoms with van der Waals surface area (Å²) in [5.41, 5.74) is 4.27. The summed E-state index contributed by atoms with van der Waals surface area (Å²) in [5, 5.41) is 14.2. The van der Waals surface area contributed by atoms with Crippen molar-refractivity contribution in [3.8, 4) is 11.5 Å². The summed E-state index contributed by atoms with van der Waals surface area (Å²) in [6, 6.07) is 15.1. The van der Waals surface area contributed by atoms with Crippen molar-refractivity contribution in [1.29, 1.82) is 0 Å². The molecule has 4 rings (SSSR count). The van der Waals surface area contributed by atoms with E-state index in [0.717, 1.165) is 11.1 Å². The van der Waals surface area contributed by atoms with Crippen molar-refractivity contribution >= 4 is 40.0 Å². The van der Waals surface area contributed by atoms with Crippen molar-refractivity contribution in [2.45, 2.75) is 26.7 Å². The summed E-state index contributed by atoms with van der Waals surface area (Å²) in [4.78, 5) is 27.8. The van der Waals surface area contributed by atoms with Crippen LogP contribution in [-0.4, -0.2) is 15.8 Å². The van der Waals surface area contributed by atoms with Gasteiger partial charge < -0.3 is 9.73 Å². The molecular formula is C24H20ClN3O4. The fourth-order valence-corrected chi connectivity index (χ4v) is 3.59. The number of halogens is 1. The first-order valence-corrected chi connectivity index (χ1v) is 10.4. The van der Waals surface area contributed by atoms with Crippen LogP contribution in [0.4, 0.5) is 11.4 Å². The van der Waals surface area contributed by atoms with Crippen LogP contribution >= 0.6 is 11.6 Å². The van der Waals surface area contributed by atoms with Crippen molar-refractivity contribution in [3.63, 3.8) is 0 Å². The van der Waals surface area contributed by atoms with Gasteiger partial charge in [0.1, 0.15) is 5.52 Å². The molecule has 0 radical (unpaired) electrons. The molecule has 0 saturated heterocycles. The molecule has 1 amide bonds. The van der Waals surface area contributed by atoms with Gasteiger partial charge in [0.2, 0.25) is 5.89 Å². The Morgan fingerprint density at radius 1 is 1.12 bits per heavy atom. The molecule has 0 aliphatic carbocycles. The van der Waals surface area contributed by atoms with Gasteiger partial charge in [-0.3, -0.25) is 14.9 Å². The average molecular weight is 450 g/mol. The van der Waals surface area contributed by atoms with E-state index in [0.29, 0.717) is 44.8 Å². The molecule has 0 unspecified atom stereocenters. The van der Waals surface area contributed by atoms with Crippen molar-refractivity contribution in [3.05, 3.63) is 86.4 Å². The summed E-state index contributed by atoms with van der Waals surface area (Å²) >= 11 is 6.38. The summed E-state index contributed by atoms with van der Waals surface area (Å²) in [5.74, 6) is 0.327. The number of fused-ring (bicyclic) bond motifs is 1. The number of nitro benzene ring substituents is 1. The third-order valence-electron chi connectivity index (χ3n) is 5.19. The highest BCUT2D eigenvalue weighted by molar-refractivity contribution is 6.33. The molecule has 0 atom stereocenters. The van der Waals surface area contributed by atoms with Crippen LogP contribution in [0.1, 0.15) is 41.3 Å². The number of aromatic nitrogens is 1. The first-order chi connectivity index (χ1) is 15.2. The lowest BCUT2D eigenvalue weighted by molar-refractivity contribution is -0.385. The van der Waals surface area contributed by atoms with E-state index in [1.165, 1.54) is 18.2 Å². The van der Waals surface area contributed by atoms with Crippen LogP contribution in [0.25, 0.3) is 22.6 Å². The number of nitro groups is 1. The lowest BCUT2D eigenvalue weighted by Gasteiger charge is -2.08. The fourth-order valence-electron chi connectivity index (χ4n) is 3.39. The normalized spacial score (nSPS) is 11.2. The minimum atomic E-state index is -0.479. The second-order valence-corrected chi connectivity index (χ2v) is 8.22. The average Bonchev–Trinajstić information content (AvgIpc) is 3.17. The van der Waals surface area contributed by atoms with Crippen molar-refractivity contribution in [2.75, 3.05) is 5.32 Å². The van der Waals surface area contributed by atoms with Gasteiger partial charge in [0, 0.05) is 22.9 Å². The zero-order chi connectivity index (χ0) is 23.0. The van der Waals surface area contributed by atoms with Crippen molar-refractivity contribution in [2.24, 2.45) is 0 Å². The maximum atomic E-state index is 12.7. The number of nitrogens with zero attached hydrogens (tertiary/aromatic N) is 2. The fraction of sp³-hybridized carbons (Fsp3) is 0.167. The second kappa shape index (κ2) is 8.43. The van der Waals surface area contributed by atoms with Gasteiger partial charge in [0.25, 0.3) is 11.6 Å². The highest BCUT2D eigenvalue weighted by atomic mass is 35.5. The van der Waals surface area contributed by atoms with Gasteiger partial charge in [-0.2, -0.15) is 0 Å². The van der Waals surface area contributed by atoms with Crippen molar-refractivity contribution < 1.29 is 14.1 Å². The molecule has 0 aliphatic heterocycles. The lowest BCUT2D eigenvalue weighted by atomic mass is 10.0. The van der Waals surface area contributed by atoms with E-state index in [-0.39, 0.29) is 5.69 Å². The predicted molar refractivity (Wildman–Crippen MR) is 124 cm³/mol. The molecule has 0 saturated carbocycles. The van der Waals surface area contributed by atoms with Crippen LogP contribution < -0.4 is 5.32 Å². The first kappa shape index (κ1) is 21.5. The molecule has 0 spiro atoms. The topological polar surface area (TPSA) is 98.3 Å². The third-order valence-corrected chi connectivity index (χ3v) is 5.52. The van der Waals surface area contributed by atoms with E-state index >= 15 is 0 Å². The summed E-state index contributed by atoms with van der Waals surface area (Å²) < 4.78 is 5.89. The number of hydrogen-bond acceptors (Lipinski definition) is 5. The maximum Gasteiger partial charge on any atom is 0.272 e. The molecule has 1 aromatic heterocycles. The van der Waals surface area contributed by atoms with Gasteiger partial charge in [-0.25, -0.2) is 4.98 Å². The molecular weight excluding hydrogens is 430 g/mol. The largest absolute Gasteiger partial charge is 0.436 e. The molecule has 0 aliphatic rings. The Morgan fingerprint density at radius 2 is 1.91 bits per heavy atom. The number of oxazole rings is 1. The number of nitrogens with one attached hydrogen (secondary N) is 1. The first-order valence-electron chi connectivity index (χ1n) is 9.99.